The number of aryl methyl sites for hydroxylation is 6. The number of aromatic nitrogens is 2. The lowest BCUT2D eigenvalue weighted by atomic mass is 10.0. The molecule has 2 aliphatic rings. The fraction of sp³-hybridized carbons (Fsp3) is 0.593. The van der Waals surface area contributed by atoms with E-state index in [1.807, 2.05) is 0 Å². The van der Waals surface area contributed by atoms with Gasteiger partial charge in [0.1, 0.15) is 6.10 Å². The van der Waals surface area contributed by atoms with Gasteiger partial charge in [0.2, 0.25) is 0 Å². The molecule has 0 aliphatic carbocycles. The van der Waals surface area contributed by atoms with Gasteiger partial charge in [0.05, 0.1) is 35.0 Å². The molecule has 2 aromatic rings. The van der Waals surface area contributed by atoms with Crippen LogP contribution in [0.15, 0.2) is 17.3 Å². The summed E-state index contributed by atoms with van der Waals surface area (Å²) in [6, 6.07) is 4.59. The summed E-state index contributed by atoms with van der Waals surface area (Å²) in [6.07, 6.45) is 5.37. The molecule has 33 heavy (non-hydrogen) atoms. The van der Waals surface area contributed by atoms with Gasteiger partial charge in [-0.2, -0.15) is 0 Å². The van der Waals surface area contributed by atoms with Gasteiger partial charge in [-0.1, -0.05) is 5.16 Å². The topological polar surface area (TPSA) is 53.9 Å². The van der Waals surface area contributed by atoms with Crippen molar-refractivity contribution in [3.63, 3.8) is 0 Å². The summed E-state index contributed by atoms with van der Waals surface area (Å²) in [5.74, 6) is 0. The van der Waals surface area contributed by atoms with Crippen molar-refractivity contribution in [1.29, 1.82) is 0 Å². The molecule has 178 valence electrons. The van der Waals surface area contributed by atoms with E-state index in [4.69, 9.17) is 14.8 Å². The molecular formula is C27H39N5O. The molecule has 0 saturated carbocycles. The predicted molar refractivity (Wildman–Crippen MR) is 137 cm³/mol. The van der Waals surface area contributed by atoms with Gasteiger partial charge in [-0.3, -0.25) is 9.97 Å². The standard InChI is InChI=1S/C27H39N5O/c1-18-15-26-24(28-22(18)5)9-7-12-31(26)14-11-20(3)30-33-21(4)17-32-13-8-10-25-27(32)16-19(2)23(6)29-25/h15-16,21H,7-14,17H2,1-6H3/b30-20+/t21-/m1/s1. The van der Waals surface area contributed by atoms with E-state index in [1.165, 1.54) is 33.9 Å². The molecule has 0 fully saturated rings. The van der Waals surface area contributed by atoms with E-state index in [2.05, 4.69) is 68.6 Å². The van der Waals surface area contributed by atoms with Crippen LogP contribution in [0.25, 0.3) is 0 Å². The highest BCUT2D eigenvalue weighted by molar-refractivity contribution is 5.82. The summed E-state index contributed by atoms with van der Waals surface area (Å²) in [6.45, 7) is 16.6. The van der Waals surface area contributed by atoms with Crippen molar-refractivity contribution in [2.45, 2.75) is 79.8 Å². The van der Waals surface area contributed by atoms with Crippen LogP contribution in [0.1, 0.15) is 67.0 Å². The fourth-order valence-electron chi connectivity index (χ4n) is 4.80. The van der Waals surface area contributed by atoms with Crippen molar-refractivity contribution in [3.8, 4) is 0 Å². The van der Waals surface area contributed by atoms with E-state index in [1.54, 1.807) is 0 Å². The molecule has 2 aliphatic heterocycles. The van der Waals surface area contributed by atoms with E-state index in [9.17, 15) is 0 Å². The lowest BCUT2D eigenvalue weighted by Crippen LogP contribution is -2.36. The van der Waals surface area contributed by atoms with Crippen LogP contribution in [0.5, 0.6) is 0 Å². The predicted octanol–water partition coefficient (Wildman–Crippen LogP) is 5.09. The van der Waals surface area contributed by atoms with Gasteiger partial charge in [0, 0.05) is 37.4 Å². The third-order valence-electron chi connectivity index (χ3n) is 7.02. The molecule has 0 unspecified atom stereocenters. The molecular weight excluding hydrogens is 410 g/mol. The average molecular weight is 450 g/mol. The molecule has 0 amide bonds. The normalized spacial score (nSPS) is 17.0. The Morgan fingerprint density at radius 3 is 2.09 bits per heavy atom. The maximum absolute atomic E-state index is 5.91. The van der Waals surface area contributed by atoms with Crippen molar-refractivity contribution in [3.05, 3.63) is 46.0 Å². The van der Waals surface area contributed by atoms with Gasteiger partial charge in [0.15, 0.2) is 0 Å². The maximum atomic E-state index is 5.91. The fourth-order valence-corrected chi connectivity index (χ4v) is 4.80. The Balaban J connectivity index is 1.32. The van der Waals surface area contributed by atoms with Gasteiger partial charge in [-0.05, 0) is 90.5 Å². The van der Waals surface area contributed by atoms with E-state index < -0.39 is 0 Å². The molecule has 0 spiro atoms. The Kier molecular flexibility index (Phi) is 7.20. The summed E-state index contributed by atoms with van der Waals surface area (Å²) < 4.78 is 0. The van der Waals surface area contributed by atoms with Crippen molar-refractivity contribution >= 4 is 17.1 Å². The minimum absolute atomic E-state index is 0.0260. The third kappa shape index (κ3) is 5.48. The van der Waals surface area contributed by atoms with E-state index in [0.29, 0.717) is 0 Å². The first-order valence-corrected chi connectivity index (χ1v) is 12.4. The SMILES string of the molecule is C/C(CCN1CCCc2nc(C)c(C)cc21)=N\O[C@H](C)CN1CCCc2nc(C)c(C)cc21. The lowest BCUT2D eigenvalue weighted by molar-refractivity contribution is 0.0762. The summed E-state index contributed by atoms with van der Waals surface area (Å²) in [4.78, 5) is 20.4. The van der Waals surface area contributed by atoms with Gasteiger partial charge in [-0.25, -0.2) is 0 Å². The number of pyridine rings is 2. The molecule has 6 nitrogen and oxygen atoms in total. The Bertz CT molecular complexity index is 1030. The van der Waals surface area contributed by atoms with E-state index in [0.717, 1.165) is 75.4 Å². The first-order chi connectivity index (χ1) is 15.8. The molecule has 0 radical (unpaired) electrons. The van der Waals surface area contributed by atoms with Gasteiger partial charge < -0.3 is 14.6 Å². The number of nitrogens with zero attached hydrogens (tertiary/aromatic N) is 5. The largest absolute Gasteiger partial charge is 0.391 e. The summed E-state index contributed by atoms with van der Waals surface area (Å²) in [5.41, 5.74) is 10.9. The minimum Gasteiger partial charge on any atom is -0.391 e. The molecule has 0 bridgehead atoms. The summed E-state index contributed by atoms with van der Waals surface area (Å²) in [7, 11) is 0. The van der Waals surface area contributed by atoms with Crippen LogP contribution in [-0.4, -0.2) is 48.0 Å². The first kappa shape index (κ1) is 23.5. The third-order valence-corrected chi connectivity index (χ3v) is 7.02. The van der Waals surface area contributed by atoms with E-state index >= 15 is 0 Å². The van der Waals surface area contributed by atoms with Gasteiger partial charge in [0.25, 0.3) is 0 Å². The monoisotopic (exact) mass is 449 g/mol. The van der Waals surface area contributed by atoms with Crippen LogP contribution in [-0.2, 0) is 17.7 Å². The molecule has 4 heterocycles. The van der Waals surface area contributed by atoms with Crippen LogP contribution in [0.3, 0.4) is 0 Å². The Morgan fingerprint density at radius 2 is 1.48 bits per heavy atom. The molecule has 1 atom stereocenters. The second-order valence-corrected chi connectivity index (χ2v) is 9.85. The zero-order valence-corrected chi connectivity index (χ0v) is 21.2. The highest BCUT2D eigenvalue weighted by atomic mass is 16.6. The second-order valence-electron chi connectivity index (χ2n) is 9.85. The average Bonchev–Trinajstić information content (AvgIpc) is 2.78. The molecule has 0 aromatic carbocycles. The minimum atomic E-state index is 0.0260. The molecule has 0 saturated heterocycles. The number of fused-ring (bicyclic) bond motifs is 2. The van der Waals surface area contributed by atoms with Crippen LogP contribution in [0, 0.1) is 27.7 Å². The Hall–Kier alpha value is -2.63. The van der Waals surface area contributed by atoms with E-state index in [-0.39, 0.29) is 6.10 Å². The second kappa shape index (κ2) is 10.1. The zero-order valence-electron chi connectivity index (χ0n) is 21.2. The van der Waals surface area contributed by atoms with Gasteiger partial charge >= 0.3 is 0 Å². The number of hydrogen-bond donors (Lipinski definition) is 0. The number of hydrogen-bond acceptors (Lipinski definition) is 6. The molecule has 2 aromatic heterocycles. The van der Waals surface area contributed by atoms with Crippen molar-refractivity contribution in [2.24, 2.45) is 5.16 Å². The van der Waals surface area contributed by atoms with Crippen molar-refractivity contribution in [1.82, 2.24) is 9.97 Å². The van der Waals surface area contributed by atoms with Crippen LogP contribution >= 0.6 is 0 Å². The highest BCUT2D eigenvalue weighted by Crippen LogP contribution is 2.29. The number of anilines is 2. The zero-order chi connectivity index (χ0) is 23.5. The number of oxime groups is 1. The van der Waals surface area contributed by atoms with Crippen molar-refractivity contribution < 1.29 is 4.84 Å². The van der Waals surface area contributed by atoms with Crippen LogP contribution in [0.4, 0.5) is 11.4 Å². The highest BCUT2D eigenvalue weighted by Gasteiger charge is 2.22. The number of rotatable bonds is 7. The quantitative estimate of drug-likeness (QED) is 0.435. The maximum Gasteiger partial charge on any atom is 0.142 e. The Labute approximate surface area is 199 Å². The summed E-state index contributed by atoms with van der Waals surface area (Å²) >= 11 is 0. The van der Waals surface area contributed by atoms with Crippen LogP contribution < -0.4 is 9.80 Å². The van der Waals surface area contributed by atoms with Gasteiger partial charge in [-0.15, -0.1) is 0 Å². The van der Waals surface area contributed by atoms with Crippen molar-refractivity contribution in [2.75, 3.05) is 36.0 Å². The molecule has 4 rings (SSSR count). The molecule has 6 heteroatoms. The first-order valence-electron chi connectivity index (χ1n) is 12.4. The summed E-state index contributed by atoms with van der Waals surface area (Å²) in [5, 5.41) is 4.48. The molecule has 0 N–H and O–H groups in total. The van der Waals surface area contributed by atoms with Crippen LogP contribution in [0.2, 0.25) is 0 Å². The Morgan fingerprint density at radius 1 is 0.939 bits per heavy atom. The smallest absolute Gasteiger partial charge is 0.142 e. The lowest BCUT2D eigenvalue weighted by Gasteiger charge is -2.32.